The van der Waals surface area contributed by atoms with Crippen molar-refractivity contribution in [3.8, 4) is 0 Å². The average molecular weight is 238 g/mol. The number of hydrogen-bond donors (Lipinski definition) is 1. The van der Waals surface area contributed by atoms with E-state index < -0.39 is 0 Å². The molecule has 0 saturated heterocycles. The van der Waals surface area contributed by atoms with Crippen molar-refractivity contribution in [1.82, 2.24) is 5.32 Å². The maximum atomic E-state index is 5.94. The zero-order valence-electron chi connectivity index (χ0n) is 9.93. The minimum absolute atomic E-state index is 0.422. The Morgan fingerprint density at radius 3 is 2.31 bits per heavy atom. The van der Waals surface area contributed by atoms with Crippen LogP contribution < -0.4 is 5.32 Å². The van der Waals surface area contributed by atoms with Crippen LogP contribution in [-0.4, -0.2) is 12.4 Å². The summed E-state index contributed by atoms with van der Waals surface area (Å²) in [4.78, 5) is 0. The molecule has 0 radical (unpaired) electrons. The second-order valence-corrected chi connectivity index (χ2v) is 5.17. The molecule has 1 aromatic rings. The second-order valence-electron chi connectivity index (χ2n) is 4.91. The number of halogens is 1. The fourth-order valence-electron chi connectivity index (χ4n) is 1.90. The lowest BCUT2D eigenvalue weighted by atomic mass is 10.1. The van der Waals surface area contributed by atoms with E-state index in [1.54, 1.807) is 0 Å². The number of alkyl halides is 1. The van der Waals surface area contributed by atoms with Crippen molar-refractivity contribution < 1.29 is 0 Å². The summed E-state index contributed by atoms with van der Waals surface area (Å²) >= 11 is 5.94. The number of rotatable bonds is 6. The zero-order chi connectivity index (χ0) is 11.4. The fraction of sp³-hybridized carbons (Fsp3) is 0.571. The molecule has 2 rings (SSSR count). The molecule has 2 heteroatoms. The molecule has 1 nitrogen and oxygen atoms in total. The molecule has 0 aromatic heterocycles. The highest BCUT2D eigenvalue weighted by Crippen LogP contribution is 2.45. The summed E-state index contributed by atoms with van der Waals surface area (Å²) in [6, 6.07) is 8.86. The topological polar surface area (TPSA) is 12.0 Å². The van der Waals surface area contributed by atoms with E-state index in [0.717, 1.165) is 25.4 Å². The Kier molecular flexibility index (Phi) is 3.88. The van der Waals surface area contributed by atoms with Crippen molar-refractivity contribution in [3.63, 3.8) is 0 Å². The summed E-state index contributed by atoms with van der Waals surface area (Å²) in [7, 11) is 0. The van der Waals surface area contributed by atoms with Gasteiger partial charge in [-0.25, -0.2) is 0 Å². The number of aryl methyl sites for hydroxylation is 1. The van der Waals surface area contributed by atoms with Crippen LogP contribution in [0.2, 0.25) is 0 Å². The van der Waals surface area contributed by atoms with Crippen molar-refractivity contribution in [1.29, 1.82) is 0 Å². The lowest BCUT2D eigenvalue weighted by Crippen LogP contribution is -2.24. The van der Waals surface area contributed by atoms with Gasteiger partial charge in [0.15, 0.2) is 0 Å². The summed E-state index contributed by atoms with van der Waals surface area (Å²) in [5.74, 6) is 0.800. The molecular formula is C14H20ClN. The van der Waals surface area contributed by atoms with Crippen LogP contribution in [0.5, 0.6) is 0 Å². The van der Waals surface area contributed by atoms with Crippen LogP contribution in [-0.2, 0) is 13.0 Å². The normalized spacial score (nSPS) is 17.4. The standard InChI is InChI=1S/C14H20ClN/c1-2-12-3-5-13(6-4-12)9-16-11-14(10-15)7-8-14/h3-6,16H,2,7-11H2,1H3. The van der Waals surface area contributed by atoms with Gasteiger partial charge >= 0.3 is 0 Å². The first kappa shape index (κ1) is 11.9. The van der Waals surface area contributed by atoms with Gasteiger partial charge in [-0.3, -0.25) is 0 Å². The highest BCUT2D eigenvalue weighted by Gasteiger charge is 2.40. The maximum absolute atomic E-state index is 5.94. The molecule has 16 heavy (non-hydrogen) atoms. The first-order valence-electron chi connectivity index (χ1n) is 6.12. The number of hydrogen-bond acceptors (Lipinski definition) is 1. The van der Waals surface area contributed by atoms with Crippen molar-refractivity contribution in [2.24, 2.45) is 5.41 Å². The largest absolute Gasteiger partial charge is 0.312 e. The van der Waals surface area contributed by atoms with E-state index in [0.29, 0.717) is 5.41 Å². The molecule has 0 atom stereocenters. The van der Waals surface area contributed by atoms with E-state index in [9.17, 15) is 0 Å². The minimum Gasteiger partial charge on any atom is -0.312 e. The smallest absolute Gasteiger partial charge is 0.0292 e. The molecule has 88 valence electrons. The van der Waals surface area contributed by atoms with Gasteiger partial charge < -0.3 is 5.32 Å². The minimum atomic E-state index is 0.422. The quantitative estimate of drug-likeness (QED) is 0.749. The van der Waals surface area contributed by atoms with Crippen LogP contribution in [0.25, 0.3) is 0 Å². The molecule has 0 bridgehead atoms. The Morgan fingerprint density at radius 2 is 1.81 bits per heavy atom. The van der Waals surface area contributed by atoms with Gasteiger partial charge in [-0.05, 0) is 35.8 Å². The van der Waals surface area contributed by atoms with E-state index in [1.165, 1.54) is 24.0 Å². The van der Waals surface area contributed by atoms with E-state index in [4.69, 9.17) is 11.6 Å². The summed E-state index contributed by atoms with van der Waals surface area (Å²) in [5.41, 5.74) is 3.19. The third-order valence-corrected chi connectivity index (χ3v) is 4.07. The summed E-state index contributed by atoms with van der Waals surface area (Å²) < 4.78 is 0. The molecule has 0 spiro atoms. The molecule has 1 fully saturated rings. The van der Waals surface area contributed by atoms with Crippen LogP contribution in [0.15, 0.2) is 24.3 Å². The molecule has 0 heterocycles. The van der Waals surface area contributed by atoms with Gasteiger partial charge in [-0.2, -0.15) is 0 Å². The lowest BCUT2D eigenvalue weighted by molar-refractivity contribution is 0.505. The Labute approximate surface area is 103 Å². The SMILES string of the molecule is CCc1ccc(CNCC2(CCl)CC2)cc1. The van der Waals surface area contributed by atoms with Crippen molar-refractivity contribution in [3.05, 3.63) is 35.4 Å². The van der Waals surface area contributed by atoms with Crippen molar-refractivity contribution in [2.45, 2.75) is 32.7 Å². The Balaban J connectivity index is 1.76. The zero-order valence-corrected chi connectivity index (χ0v) is 10.7. The average Bonchev–Trinajstić information content (AvgIpc) is 3.11. The lowest BCUT2D eigenvalue weighted by Gasteiger charge is -2.12. The molecule has 0 aliphatic heterocycles. The van der Waals surface area contributed by atoms with Crippen LogP contribution in [0.4, 0.5) is 0 Å². The van der Waals surface area contributed by atoms with Gasteiger partial charge in [0.1, 0.15) is 0 Å². The van der Waals surface area contributed by atoms with Crippen molar-refractivity contribution >= 4 is 11.6 Å². The summed E-state index contributed by atoms with van der Waals surface area (Å²) in [6.45, 7) is 4.21. The number of nitrogens with one attached hydrogen (secondary N) is 1. The first-order chi connectivity index (χ1) is 7.78. The molecule has 1 aliphatic rings. The van der Waals surface area contributed by atoms with Gasteiger partial charge in [-0.15, -0.1) is 11.6 Å². The maximum Gasteiger partial charge on any atom is 0.0292 e. The van der Waals surface area contributed by atoms with Crippen LogP contribution in [0.1, 0.15) is 30.9 Å². The highest BCUT2D eigenvalue weighted by atomic mass is 35.5. The van der Waals surface area contributed by atoms with E-state index in [1.807, 2.05) is 0 Å². The first-order valence-corrected chi connectivity index (χ1v) is 6.66. The van der Waals surface area contributed by atoms with Gasteiger partial charge in [0.25, 0.3) is 0 Å². The van der Waals surface area contributed by atoms with Gasteiger partial charge in [0.05, 0.1) is 0 Å². The van der Waals surface area contributed by atoms with E-state index >= 15 is 0 Å². The third kappa shape index (κ3) is 2.99. The van der Waals surface area contributed by atoms with Crippen LogP contribution in [0, 0.1) is 5.41 Å². The van der Waals surface area contributed by atoms with Crippen LogP contribution >= 0.6 is 11.6 Å². The molecule has 1 N–H and O–H groups in total. The Hall–Kier alpha value is -0.530. The van der Waals surface area contributed by atoms with Gasteiger partial charge in [0, 0.05) is 19.0 Å². The molecule has 1 aliphatic carbocycles. The van der Waals surface area contributed by atoms with Gasteiger partial charge in [-0.1, -0.05) is 31.2 Å². The molecule has 1 aromatic carbocycles. The van der Waals surface area contributed by atoms with E-state index in [-0.39, 0.29) is 0 Å². The molecule has 1 saturated carbocycles. The number of benzene rings is 1. The van der Waals surface area contributed by atoms with Gasteiger partial charge in [0.2, 0.25) is 0 Å². The Bertz CT molecular complexity index is 327. The molecular weight excluding hydrogens is 218 g/mol. The predicted octanol–water partition coefficient (Wildman–Crippen LogP) is 3.36. The second kappa shape index (κ2) is 5.20. The van der Waals surface area contributed by atoms with Crippen molar-refractivity contribution in [2.75, 3.05) is 12.4 Å². The molecule has 0 unspecified atom stereocenters. The fourth-order valence-corrected chi connectivity index (χ4v) is 2.26. The monoisotopic (exact) mass is 237 g/mol. The molecule has 0 amide bonds. The highest BCUT2D eigenvalue weighted by molar-refractivity contribution is 6.18. The van der Waals surface area contributed by atoms with E-state index in [2.05, 4.69) is 36.5 Å². The third-order valence-electron chi connectivity index (χ3n) is 3.50. The summed E-state index contributed by atoms with van der Waals surface area (Å²) in [5, 5.41) is 3.51. The predicted molar refractivity (Wildman–Crippen MR) is 69.9 cm³/mol. The summed E-state index contributed by atoms with van der Waals surface area (Å²) in [6.07, 6.45) is 3.69. The van der Waals surface area contributed by atoms with Crippen LogP contribution in [0.3, 0.4) is 0 Å². The Morgan fingerprint density at radius 1 is 1.19 bits per heavy atom.